The van der Waals surface area contributed by atoms with Crippen LogP contribution in [0.3, 0.4) is 0 Å². The van der Waals surface area contributed by atoms with Gasteiger partial charge < -0.3 is 19.4 Å². The first-order valence-corrected chi connectivity index (χ1v) is 7.19. The number of rotatable bonds is 6. The monoisotopic (exact) mass is 288 g/mol. The number of carbonyl (C=O) groups is 1. The summed E-state index contributed by atoms with van der Waals surface area (Å²) >= 11 is 0. The van der Waals surface area contributed by atoms with E-state index in [4.69, 9.17) is 9.47 Å². The molecular formula is C16H20N2O3. The van der Waals surface area contributed by atoms with Gasteiger partial charge in [0.05, 0.1) is 26.4 Å². The van der Waals surface area contributed by atoms with Crippen LogP contribution in [0.25, 0.3) is 10.9 Å². The number of aromatic nitrogens is 1. The minimum Gasteiger partial charge on any atom is -0.497 e. The first-order valence-electron chi connectivity index (χ1n) is 7.19. The maximum Gasteiger partial charge on any atom is 0.216 e. The molecule has 1 amide bonds. The van der Waals surface area contributed by atoms with Crippen LogP contribution in [0.2, 0.25) is 0 Å². The lowest BCUT2D eigenvalue weighted by atomic mass is 10.1. The van der Waals surface area contributed by atoms with Gasteiger partial charge in [0.1, 0.15) is 5.75 Å². The number of methoxy groups -OCH3 is 1. The Balaban J connectivity index is 1.89. The summed E-state index contributed by atoms with van der Waals surface area (Å²) in [6.45, 7) is 3.91. The smallest absolute Gasteiger partial charge is 0.216 e. The number of carbonyl (C=O) groups excluding carboxylic acids is 1. The molecule has 1 fully saturated rings. The molecule has 1 atom stereocenters. The van der Waals surface area contributed by atoms with Gasteiger partial charge in [0.25, 0.3) is 0 Å². The van der Waals surface area contributed by atoms with Gasteiger partial charge in [-0.15, -0.1) is 0 Å². The maximum atomic E-state index is 11.0. The third kappa shape index (κ3) is 3.19. The Morgan fingerprint density at radius 1 is 1.52 bits per heavy atom. The molecular weight excluding hydrogens is 268 g/mol. The second-order valence-electron chi connectivity index (χ2n) is 5.38. The summed E-state index contributed by atoms with van der Waals surface area (Å²) in [6, 6.07) is 6.12. The summed E-state index contributed by atoms with van der Waals surface area (Å²) in [4.78, 5) is 11.0. The van der Waals surface area contributed by atoms with E-state index in [2.05, 4.69) is 28.2 Å². The van der Waals surface area contributed by atoms with E-state index in [0.717, 1.165) is 25.3 Å². The van der Waals surface area contributed by atoms with Gasteiger partial charge in [0, 0.05) is 30.6 Å². The zero-order chi connectivity index (χ0) is 14.8. The number of fused-ring (bicyclic) bond motifs is 1. The minimum atomic E-state index is 0.00250. The number of benzene rings is 1. The molecule has 5 heteroatoms. The van der Waals surface area contributed by atoms with Gasteiger partial charge in [-0.05, 0) is 30.2 Å². The van der Waals surface area contributed by atoms with Crippen molar-refractivity contribution in [3.05, 3.63) is 30.0 Å². The van der Waals surface area contributed by atoms with E-state index in [1.54, 1.807) is 7.11 Å². The molecule has 1 N–H and O–H groups in total. The third-order valence-corrected chi connectivity index (χ3v) is 3.74. The predicted molar refractivity (Wildman–Crippen MR) is 80.6 cm³/mol. The lowest BCUT2D eigenvalue weighted by Gasteiger charge is -2.04. The van der Waals surface area contributed by atoms with Crippen LogP contribution < -0.4 is 10.1 Å². The number of epoxide rings is 1. The van der Waals surface area contributed by atoms with E-state index in [0.29, 0.717) is 12.6 Å². The number of hydrogen-bond donors (Lipinski definition) is 1. The second-order valence-corrected chi connectivity index (χ2v) is 5.38. The van der Waals surface area contributed by atoms with Gasteiger partial charge in [0.2, 0.25) is 5.91 Å². The van der Waals surface area contributed by atoms with Crippen molar-refractivity contribution in [2.75, 3.05) is 20.3 Å². The number of ether oxygens (including phenoxy) is 2. The van der Waals surface area contributed by atoms with Gasteiger partial charge in [0.15, 0.2) is 0 Å². The molecule has 0 spiro atoms. The molecule has 0 radical (unpaired) electrons. The summed E-state index contributed by atoms with van der Waals surface area (Å²) in [5.74, 6) is 0.853. The zero-order valence-corrected chi connectivity index (χ0v) is 12.4. The van der Waals surface area contributed by atoms with E-state index in [-0.39, 0.29) is 5.91 Å². The van der Waals surface area contributed by atoms with Crippen molar-refractivity contribution in [2.24, 2.45) is 0 Å². The molecule has 5 nitrogen and oxygen atoms in total. The Bertz CT molecular complexity index is 659. The standard InChI is InChI=1S/C16H20N2O3/c1-11(19)17-6-5-12-8-18(9-14-10-21-14)16-4-3-13(20-2)7-15(12)16/h3-4,7-8,14H,5-6,9-10H2,1-2H3,(H,17,19)/t14-/m1/s1. The van der Waals surface area contributed by atoms with E-state index < -0.39 is 0 Å². The van der Waals surface area contributed by atoms with Gasteiger partial charge in [-0.25, -0.2) is 0 Å². The average Bonchev–Trinajstić information content (AvgIpc) is 3.22. The van der Waals surface area contributed by atoms with E-state index in [1.165, 1.54) is 23.4 Å². The molecule has 0 aliphatic carbocycles. The molecule has 1 aliphatic rings. The molecule has 1 aliphatic heterocycles. The quantitative estimate of drug-likeness (QED) is 0.824. The third-order valence-electron chi connectivity index (χ3n) is 3.74. The molecule has 0 bridgehead atoms. The maximum absolute atomic E-state index is 11.0. The van der Waals surface area contributed by atoms with Gasteiger partial charge in [-0.1, -0.05) is 0 Å². The topological polar surface area (TPSA) is 55.8 Å². The fourth-order valence-electron chi connectivity index (χ4n) is 2.59. The predicted octanol–water partition coefficient (Wildman–Crippen LogP) is 1.73. The molecule has 0 saturated carbocycles. The van der Waals surface area contributed by atoms with Crippen molar-refractivity contribution in [3.8, 4) is 5.75 Å². The SMILES string of the molecule is COc1ccc2c(c1)c(CCNC(C)=O)cn2C[C@@H]1CO1. The van der Waals surface area contributed by atoms with Crippen molar-refractivity contribution in [2.45, 2.75) is 26.0 Å². The van der Waals surface area contributed by atoms with Crippen molar-refractivity contribution < 1.29 is 14.3 Å². The fraction of sp³-hybridized carbons (Fsp3) is 0.438. The van der Waals surface area contributed by atoms with Crippen LogP contribution in [0, 0.1) is 0 Å². The number of amides is 1. The van der Waals surface area contributed by atoms with Crippen molar-refractivity contribution in [1.29, 1.82) is 0 Å². The van der Waals surface area contributed by atoms with Crippen LogP contribution >= 0.6 is 0 Å². The summed E-state index contributed by atoms with van der Waals surface area (Å²) in [5, 5.41) is 4.03. The summed E-state index contributed by atoms with van der Waals surface area (Å²) in [5.41, 5.74) is 2.41. The highest BCUT2D eigenvalue weighted by molar-refractivity contribution is 5.85. The lowest BCUT2D eigenvalue weighted by Crippen LogP contribution is -2.22. The highest BCUT2D eigenvalue weighted by Crippen LogP contribution is 2.27. The first kappa shape index (κ1) is 13.9. The van der Waals surface area contributed by atoms with Crippen LogP contribution in [-0.4, -0.2) is 36.8 Å². The highest BCUT2D eigenvalue weighted by atomic mass is 16.6. The number of hydrogen-bond acceptors (Lipinski definition) is 3. The van der Waals surface area contributed by atoms with Crippen molar-refractivity contribution >= 4 is 16.8 Å². The molecule has 112 valence electrons. The van der Waals surface area contributed by atoms with Crippen molar-refractivity contribution in [1.82, 2.24) is 9.88 Å². The lowest BCUT2D eigenvalue weighted by molar-refractivity contribution is -0.118. The molecule has 1 aromatic carbocycles. The molecule has 1 aromatic heterocycles. The normalized spacial score (nSPS) is 17.0. The Kier molecular flexibility index (Phi) is 3.84. The highest BCUT2D eigenvalue weighted by Gasteiger charge is 2.24. The molecule has 3 rings (SSSR count). The Morgan fingerprint density at radius 3 is 3.00 bits per heavy atom. The van der Waals surface area contributed by atoms with Gasteiger partial charge in [-0.3, -0.25) is 4.79 Å². The van der Waals surface area contributed by atoms with Crippen LogP contribution in [-0.2, 0) is 22.5 Å². The largest absolute Gasteiger partial charge is 0.497 e. The zero-order valence-electron chi connectivity index (χ0n) is 12.4. The number of nitrogens with zero attached hydrogens (tertiary/aromatic N) is 1. The molecule has 1 saturated heterocycles. The van der Waals surface area contributed by atoms with E-state index >= 15 is 0 Å². The number of nitrogens with one attached hydrogen (secondary N) is 1. The van der Waals surface area contributed by atoms with Crippen LogP contribution in [0.4, 0.5) is 0 Å². The van der Waals surface area contributed by atoms with Crippen LogP contribution in [0.5, 0.6) is 5.75 Å². The van der Waals surface area contributed by atoms with E-state index in [1.807, 2.05) is 6.07 Å². The summed E-state index contributed by atoms with van der Waals surface area (Å²) in [7, 11) is 1.67. The van der Waals surface area contributed by atoms with Crippen LogP contribution in [0.1, 0.15) is 12.5 Å². The summed E-state index contributed by atoms with van der Waals surface area (Å²) in [6.07, 6.45) is 3.31. The van der Waals surface area contributed by atoms with Gasteiger partial charge in [-0.2, -0.15) is 0 Å². The molecule has 2 heterocycles. The van der Waals surface area contributed by atoms with Crippen molar-refractivity contribution in [3.63, 3.8) is 0 Å². The first-order chi connectivity index (χ1) is 10.2. The van der Waals surface area contributed by atoms with E-state index in [9.17, 15) is 4.79 Å². The summed E-state index contributed by atoms with van der Waals surface area (Å²) < 4.78 is 12.9. The Labute approximate surface area is 123 Å². The van der Waals surface area contributed by atoms with Crippen LogP contribution in [0.15, 0.2) is 24.4 Å². The van der Waals surface area contributed by atoms with Gasteiger partial charge >= 0.3 is 0 Å². The molecule has 2 aromatic rings. The second kappa shape index (κ2) is 5.77. The Hall–Kier alpha value is -2.01. The fourth-order valence-corrected chi connectivity index (χ4v) is 2.59. The minimum absolute atomic E-state index is 0.00250. The average molecular weight is 288 g/mol. The molecule has 0 unspecified atom stereocenters. The molecule has 21 heavy (non-hydrogen) atoms. The Morgan fingerprint density at radius 2 is 2.33 bits per heavy atom.